The maximum absolute atomic E-state index is 11.7. The number of hydrogen-bond acceptors (Lipinski definition) is 3. The Morgan fingerprint density at radius 3 is 2.56 bits per heavy atom. The lowest BCUT2D eigenvalue weighted by Gasteiger charge is -2.05. The summed E-state index contributed by atoms with van der Waals surface area (Å²) >= 11 is 2.10. The van der Waals surface area contributed by atoms with Crippen molar-refractivity contribution in [3.05, 3.63) is 27.3 Å². The van der Waals surface area contributed by atoms with Crippen molar-refractivity contribution in [1.82, 2.24) is 0 Å². The van der Waals surface area contributed by atoms with E-state index in [0.29, 0.717) is 12.0 Å². The molecule has 16 heavy (non-hydrogen) atoms. The van der Waals surface area contributed by atoms with Gasteiger partial charge in [-0.15, -0.1) is 0 Å². The van der Waals surface area contributed by atoms with Crippen molar-refractivity contribution in [3.8, 4) is 5.75 Å². The van der Waals surface area contributed by atoms with E-state index in [4.69, 9.17) is 4.74 Å². The quantitative estimate of drug-likeness (QED) is 0.473. The maximum Gasteiger partial charge on any atom is 0.170 e. The van der Waals surface area contributed by atoms with Gasteiger partial charge in [0.25, 0.3) is 0 Å². The van der Waals surface area contributed by atoms with Crippen LogP contribution in [0.4, 0.5) is 0 Å². The molecule has 0 atom stereocenters. The third-order valence-corrected chi connectivity index (χ3v) is 3.07. The fraction of sp³-hybridized carbons (Fsp3) is 0.333. The van der Waals surface area contributed by atoms with Crippen LogP contribution in [0.15, 0.2) is 18.2 Å². The largest absolute Gasteiger partial charge is 0.496 e. The Balaban J connectivity index is 2.85. The van der Waals surface area contributed by atoms with E-state index in [9.17, 15) is 9.59 Å². The summed E-state index contributed by atoms with van der Waals surface area (Å²) in [5.74, 6) is 0.571. The van der Waals surface area contributed by atoms with E-state index in [-0.39, 0.29) is 18.0 Å². The predicted molar refractivity (Wildman–Crippen MR) is 70.0 cm³/mol. The predicted octanol–water partition coefficient (Wildman–Crippen LogP) is 2.85. The van der Waals surface area contributed by atoms with Crippen molar-refractivity contribution >= 4 is 34.2 Å². The molecule has 0 unspecified atom stereocenters. The molecule has 0 aliphatic rings. The molecule has 0 spiro atoms. The van der Waals surface area contributed by atoms with E-state index >= 15 is 0 Å². The van der Waals surface area contributed by atoms with Gasteiger partial charge in [-0.2, -0.15) is 0 Å². The van der Waals surface area contributed by atoms with Crippen LogP contribution in [0.3, 0.4) is 0 Å². The Morgan fingerprint density at radius 2 is 2.06 bits per heavy atom. The van der Waals surface area contributed by atoms with Gasteiger partial charge in [-0.3, -0.25) is 9.59 Å². The number of ether oxygens (including phenoxy) is 1. The van der Waals surface area contributed by atoms with Crippen LogP contribution in [0.25, 0.3) is 0 Å². The molecule has 0 heterocycles. The zero-order valence-corrected chi connectivity index (χ0v) is 11.4. The minimum Gasteiger partial charge on any atom is -0.496 e. The summed E-state index contributed by atoms with van der Waals surface area (Å²) in [6, 6.07) is 5.17. The lowest BCUT2D eigenvalue weighted by Crippen LogP contribution is -2.07. The first-order chi connectivity index (χ1) is 7.58. The van der Waals surface area contributed by atoms with Gasteiger partial charge in [-0.1, -0.05) is 6.92 Å². The number of hydrogen-bond donors (Lipinski definition) is 0. The Morgan fingerprint density at radius 1 is 1.38 bits per heavy atom. The van der Waals surface area contributed by atoms with Crippen LogP contribution >= 0.6 is 22.6 Å². The zero-order valence-electron chi connectivity index (χ0n) is 9.25. The van der Waals surface area contributed by atoms with E-state index < -0.39 is 0 Å². The molecule has 0 aromatic heterocycles. The highest BCUT2D eigenvalue weighted by atomic mass is 127. The number of benzene rings is 1. The Kier molecular flexibility index (Phi) is 4.92. The van der Waals surface area contributed by atoms with Gasteiger partial charge in [0.1, 0.15) is 11.5 Å². The van der Waals surface area contributed by atoms with Crippen molar-refractivity contribution in [1.29, 1.82) is 0 Å². The van der Waals surface area contributed by atoms with Crippen molar-refractivity contribution in [2.75, 3.05) is 7.11 Å². The lowest BCUT2D eigenvalue weighted by atomic mass is 10.1. The standard InChI is InChI=1S/C12H13IO3/c1-3-9(14)7-11(15)8-4-5-12(16-2)10(13)6-8/h4-6H,3,7H2,1-2H3. The molecule has 0 saturated heterocycles. The molecule has 0 aliphatic heterocycles. The molecule has 0 amide bonds. The molecular formula is C12H13IO3. The van der Waals surface area contributed by atoms with Gasteiger partial charge in [0, 0.05) is 12.0 Å². The number of Topliss-reactive ketones (excluding diaryl/α,β-unsaturated/α-hetero) is 2. The van der Waals surface area contributed by atoms with Crippen LogP contribution in [-0.2, 0) is 4.79 Å². The molecule has 4 heteroatoms. The summed E-state index contributed by atoms with van der Waals surface area (Å²) in [6.07, 6.45) is 0.387. The smallest absolute Gasteiger partial charge is 0.170 e. The van der Waals surface area contributed by atoms with Gasteiger partial charge in [0.2, 0.25) is 0 Å². The number of rotatable bonds is 5. The van der Waals surface area contributed by atoms with Crippen LogP contribution < -0.4 is 4.74 Å². The summed E-state index contributed by atoms with van der Waals surface area (Å²) in [5.41, 5.74) is 0.562. The minimum absolute atomic E-state index is 0.0150. The van der Waals surface area contributed by atoms with Crippen LogP contribution in [0, 0.1) is 3.57 Å². The van der Waals surface area contributed by atoms with Gasteiger partial charge < -0.3 is 4.74 Å². The summed E-state index contributed by atoms with van der Waals surface area (Å²) in [4.78, 5) is 22.9. The van der Waals surface area contributed by atoms with E-state index in [1.54, 1.807) is 32.2 Å². The van der Waals surface area contributed by atoms with Crippen LogP contribution in [-0.4, -0.2) is 18.7 Å². The van der Waals surface area contributed by atoms with Gasteiger partial charge in [-0.05, 0) is 40.8 Å². The van der Waals surface area contributed by atoms with Crippen molar-refractivity contribution in [3.63, 3.8) is 0 Å². The van der Waals surface area contributed by atoms with Gasteiger partial charge in [0.15, 0.2) is 5.78 Å². The second-order valence-corrected chi connectivity index (χ2v) is 4.50. The summed E-state index contributed by atoms with van der Waals surface area (Å²) < 4.78 is 5.97. The van der Waals surface area contributed by atoms with Crippen LogP contribution in [0.5, 0.6) is 5.75 Å². The van der Waals surface area contributed by atoms with Crippen molar-refractivity contribution in [2.45, 2.75) is 19.8 Å². The van der Waals surface area contributed by atoms with Crippen molar-refractivity contribution in [2.24, 2.45) is 0 Å². The molecule has 0 fully saturated rings. The third kappa shape index (κ3) is 3.30. The van der Waals surface area contributed by atoms with Gasteiger partial charge in [0.05, 0.1) is 17.1 Å². The first kappa shape index (κ1) is 13.2. The van der Waals surface area contributed by atoms with Gasteiger partial charge >= 0.3 is 0 Å². The molecule has 1 aromatic rings. The molecule has 3 nitrogen and oxygen atoms in total. The summed E-state index contributed by atoms with van der Waals surface area (Å²) in [5, 5.41) is 0. The Hall–Kier alpha value is -0.910. The highest BCUT2D eigenvalue weighted by Crippen LogP contribution is 2.22. The second kappa shape index (κ2) is 5.98. The third-order valence-electron chi connectivity index (χ3n) is 2.23. The fourth-order valence-corrected chi connectivity index (χ4v) is 1.98. The molecule has 0 N–H and O–H groups in total. The summed E-state index contributed by atoms with van der Waals surface area (Å²) in [6.45, 7) is 1.76. The Labute approximate surface area is 108 Å². The molecule has 1 aromatic carbocycles. The average molecular weight is 332 g/mol. The summed E-state index contributed by atoms with van der Waals surface area (Å²) in [7, 11) is 1.58. The van der Waals surface area contributed by atoms with Gasteiger partial charge in [-0.25, -0.2) is 0 Å². The van der Waals surface area contributed by atoms with Crippen molar-refractivity contribution < 1.29 is 14.3 Å². The lowest BCUT2D eigenvalue weighted by molar-refractivity contribution is -0.117. The number of ketones is 2. The average Bonchev–Trinajstić information content (AvgIpc) is 2.28. The second-order valence-electron chi connectivity index (χ2n) is 3.34. The first-order valence-electron chi connectivity index (χ1n) is 4.97. The molecule has 0 radical (unpaired) electrons. The molecule has 1 rings (SSSR count). The Bertz CT molecular complexity index is 413. The fourth-order valence-electron chi connectivity index (χ4n) is 1.25. The molecule has 0 saturated carbocycles. The topological polar surface area (TPSA) is 43.4 Å². The van der Waals surface area contributed by atoms with E-state index in [1.165, 1.54) is 0 Å². The highest BCUT2D eigenvalue weighted by molar-refractivity contribution is 14.1. The minimum atomic E-state index is -0.132. The zero-order chi connectivity index (χ0) is 12.1. The normalized spacial score (nSPS) is 9.94. The molecule has 86 valence electrons. The first-order valence-corrected chi connectivity index (χ1v) is 6.04. The number of carbonyl (C=O) groups is 2. The molecular weight excluding hydrogens is 319 g/mol. The number of carbonyl (C=O) groups excluding carboxylic acids is 2. The number of methoxy groups -OCH3 is 1. The highest BCUT2D eigenvalue weighted by Gasteiger charge is 2.12. The number of halogens is 1. The molecule has 0 bridgehead atoms. The van der Waals surface area contributed by atoms with Crippen LogP contribution in [0.1, 0.15) is 30.1 Å². The van der Waals surface area contributed by atoms with E-state index in [0.717, 1.165) is 9.32 Å². The van der Waals surface area contributed by atoms with Crippen LogP contribution in [0.2, 0.25) is 0 Å². The SMILES string of the molecule is CCC(=O)CC(=O)c1ccc(OC)c(I)c1. The van der Waals surface area contributed by atoms with E-state index in [1.807, 2.05) is 0 Å². The monoisotopic (exact) mass is 332 g/mol. The van der Waals surface area contributed by atoms with E-state index in [2.05, 4.69) is 22.6 Å². The maximum atomic E-state index is 11.7. The molecule has 0 aliphatic carbocycles.